The van der Waals surface area contributed by atoms with Gasteiger partial charge in [0, 0.05) is 13.0 Å². The molecule has 0 saturated carbocycles. The normalized spacial score (nSPS) is 12.2. The molecule has 0 aliphatic rings. The molecule has 0 atom stereocenters. The summed E-state index contributed by atoms with van der Waals surface area (Å²) in [6, 6.07) is 0. The Morgan fingerprint density at radius 2 is 2.17 bits per heavy atom. The van der Waals surface area contributed by atoms with E-state index in [1.54, 1.807) is 0 Å². The van der Waals surface area contributed by atoms with Crippen molar-refractivity contribution in [2.45, 2.75) is 40.0 Å². The maximum absolute atomic E-state index is 5.32. The zero-order valence-electron chi connectivity index (χ0n) is 8.43. The Hall–Kier alpha value is -0.570. The smallest absolute Gasteiger partial charge is 0.110 e. The standard InChI is InChI=1S/C9H21N3/c1-4-7-11-9(12-10)6-5-8(2)3/h8H,4-7,10H2,1-3H3,(H,11,12). The fourth-order valence-corrected chi connectivity index (χ4v) is 0.869. The molecule has 3 N–H and O–H groups in total. The monoisotopic (exact) mass is 171 g/mol. The number of nitrogens with two attached hydrogens (primary N) is 1. The molecule has 0 rings (SSSR count). The van der Waals surface area contributed by atoms with Gasteiger partial charge in [0.05, 0.1) is 0 Å². The van der Waals surface area contributed by atoms with Gasteiger partial charge in [-0.25, -0.2) is 5.84 Å². The van der Waals surface area contributed by atoms with Gasteiger partial charge in [0.1, 0.15) is 5.84 Å². The number of rotatable bonds is 5. The van der Waals surface area contributed by atoms with Crippen LogP contribution in [0.5, 0.6) is 0 Å². The SMILES string of the molecule is CCCN=C(CCC(C)C)NN. The molecule has 0 radical (unpaired) electrons. The Morgan fingerprint density at radius 1 is 1.50 bits per heavy atom. The molecule has 0 heterocycles. The molecule has 72 valence electrons. The first-order valence-corrected chi connectivity index (χ1v) is 4.70. The van der Waals surface area contributed by atoms with Gasteiger partial charge in [0.2, 0.25) is 0 Å². The van der Waals surface area contributed by atoms with Crippen LogP contribution in [0.4, 0.5) is 0 Å². The van der Waals surface area contributed by atoms with E-state index in [0.717, 1.165) is 31.6 Å². The van der Waals surface area contributed by atoms with Crippen LogP contribution in [0.3, 0.4) is 0 Å². The lowest BCUT2D eigenvalue weighted by molar-refractivity contribution is 0.597. The second kappa shape index (κ2) is 7.10. The highest BCUT2D eigenvalue weighted by Crippen LogP contribution is 2.03. The molecule has 3 nitrogen and oxygen atoms in total. The summed E-state index contributed by atoms with van der Waals surface area (Å²) in [6.45, 7) is 7.39. The van der Waals surface area contributed by atoms with Crippen LogP contribution in [-0.2, 0) is 0 Å². The third-order valence-corrected chi connectivity index (χ3v) is 1.65. The van der Waals surface area contributed by atoms with Crippen LogP contribution in [0, 0.1) is 5.92 Å². The van der Waals surface area contributed by atoms with Gasteiger partial charge in [-0.2, -0.15) is 0 Å². The van der Waals surface area contributed by atoms with Crippen molar-refractivity contribution in [3.8, 4) is 0 Å². The maximum Gasteiger partial charge on any atom is 0.110 e. The van der Waals surface area contributed by atoms with Crippen LogP contribution in [0.15, 0.2) is 4.99 Å². The maximum atomic E-state index is 5.32. The van der Waals surface area contributed by atoms with Crippen LogP contribution < -0.4 is 11.3 Å². The molecule has 0 unspecified atom stereocenters. The lowest BCUT2D eigenvalue weighted by Gasteiger charge is -2.07. The van der Waals surface area contributed by atoms with Crippen molar-refractivity contribution in [1.29, 1.82) is 0 Å². The van der Waals surface area contributed by atoms with Crippen molar-refractivity contribution in [2.24, 2.45) is 16.8 Å². The van der Waals surface area contributed by atoms with Crippen molar-refractivity contribution in [3.05, 3.63) is 0 Å². The number of amidine groups is 1. The summed E-state index contributed by atoms with van der Waals surface area (Å²) in [5.74, 6) is 6.97. The summed E-state index contributed by atoms with van der Waals surface area (Å²) in [7, 11) is 0. The molecule has 0 saturated heterocycles. The molecule has 3 heteroatoms. The molecule has 0 spiro atoms. The minimum atomic E-state index is 0.713. The van der Waals surface area contributed by atoms with E-state index in [-0.39, 0.29) is 0 Å². The number of aliphatic imine (C=N–C) groups is 1. The van der Waals surface area contributed by atoms with Gasteiger partial charge in [0.15, 0.2) is 0 Å². The topological polar surface area (TPSA) is 50.4 Å². The molecule has 0 aliphatic carbocycles. The van der Waals surface area contributed by atoms with Crippen LogP contribution in [0.1, 0.15) is 40.0 Å². The molecule has 0 aliphatic heterocycles. The minimum Gasteiger partial charge on any atom is -0.312 e. The molecular formula is C9H21N3. The zero-order chi connectivity index (χ0) is 9.40. The van der Waals surface area contributed by atoms with Gasteiger partial charge in [0.25, 0.3) is 0 Å². The van der Waals surface area contributed by atoms with E-state index in [1.165, 1.54) is 0 Å². The van der Waals surface area contributed by atoms with Crippen molar-refractivity contribution < 1.29 is 0 Å². The van der Waals surface area contributed by atoms with Gasteiger partial charge in [-0.3, -0.25) is 4.99 Å². The molecule has 0 aromatic heterocycles. The Morgan fingerprint density at radius 3 is 2.58 bits per heavy atom. The molecule has 0 fully saturated rings. The zero-order valence-corrected chi connectivity index (χ0v) is 8.43. The van der Waals surface area contributed by atoms with E-state index < -0.39 is 0 Å². The number of nitrogens with zero attached hydrogens (tertiary/aromatic N) is 1. The quantitative estimate of drug-likeness (QED) is 0.286. The average Bonchev–Trinajstić information content (AvgIpc) is 2.05. The summed E-state index contributed by atoms with van der Waals surface area (Å²) in [5.41, 5.74) is 2.64. The summed E-state index contributed by atoms with van der Waals surface area (Å²) in [6.07, 6.45) is 3.19. The fourth-order valence-electron chi connectivity index (χ4n) is 0.869. The Kier molecular flexibility index (Phi) is 6.76. The number of hydrogen-bond donors (Lipinski definition) is 2. The highest BCUT2D eigenvalue weighted by atomic mass is 15.2. The van der Waals surface area contributed by atoms with Gasteiger partial charge in [-0.05, 0) is 18.8 Å². The summed E-state index contributed by atoms with van der Waals surface area (Å²) in [5, 5.41) is 0. The summed E-state index contributed by atoms with van der Waals surface area (Å²) >= 11 is 0. The average molecular weight is 171 g/mol. The lowest BCUT2D eigenvalue weighted by Crippen LogP contribution is -2.30. The van der Waals surface area contributed by atoms with E-state index in [0.29, 0.717) is 5.92 Å². The van der Waals surface area contributed by atoms with Gasteiger partial charge >= 0.3 is 0 Å². The van der Waals surface area contributed by atoms with E-state index in [9.17, 15) is 0 Å². The highest BCUT2D eigenvalue weighted by Gasteiger charge is 1.98. The summed E-state index contributed by atoms with van der Waals surface area (Å²) in [4.78, 5) is 4.31. The third-order valence-electron chi connectivity index (χ3n) is 1.65. The van der Waals surface area contributed by atoms with E-state index in [1.807, 2.05) is 0 Å². The van der Waals surface area contributed by atoms with E-state index in [2.05, 4.69) is 31.2 Å². The number of hydrazine groups is 1. The molecule has 12 heavy (non-hydrogen) atoms. The number of hydrogen-bond acceptors (Lipinski definition) is 2. The Labute approximate surface area is 75.4 Å². The van der Waals surface area contributed by atoms with Crippen LogP contribution in [0.2, 0.25) is 0 Å². The molecule has 0 amide bonds. The van der Waals surface area contributed by atoms with Crippen molar-refractivity contribution in [3.63, 3.8) is 0 Å². The Bertz CT molecular complexity index is 130. The van der Waals surface area contributed by atoms with Gasteiger partial charge in [-0.15, -0.1) is 0 Å². The van der Waals surface area contributed by atoms with E-state index >= 15 is 0 Å². The second-order valence-electron chi connectivity index (χ2n) is 3.41. The van der Waals surface area contributed by atoms with Crippen LogP contribution in [-0.4, -0.2) is 12.4 Å². The van der Waals surface area contributed by atoms with Gasteiger partial charge in [-0.1, -0.05) is 20.8 Å². The largest absolute Gasteiger partial charge is 0.312 e. The first-order chi connectivity index (χ1) is 5.70. The van der Waals surface area contributed by atoms with Gasteiger partial charge < -0.3 is 5.43 Å². The molecule has 0 aromatic carbocycles. The minimum absolute atomic E-state index is 0.713. The highest BCUT2D eigenvalue weighted by molar-refractivity contribution is 5.81. The van der Waals surface area contributed by atoms with Crippen molar-refractivity contribution in [1.82, 2.24) is 5.43 Å². The van der Waals surface area contributed by atoms with Crippen LogP contribution in [0.25, 0.3) is 0 Å². The molecule has 0 bridgehead atoms. The second-order valence-corrected chi connectivity index (χ2v) is 3.41. The molecular weight excluding hydrogens is 150 g/mol. The Balaban J connectivity index is 3.66. The predicted octanol–water partition coefficient (Wildman–Crippen LogP) is 1.69. The first-order valence-electron chi connectivity index (χ1n) is 4.70. The molecule has 0 aromatic rings. The van der Waals surface area contributed by atoms with E-state index in [4.69, 9.17) is 5.84 Å². The predicted molar refractivity (Wildman–Crippen MR) is 54.0 cm³/mol. The third kappa shape index (κ3) is 6.16. The summed E-state index contributed by atoms with van der Waals surface area (Å²) < 4.78 is 0. The number of nitrogens with one attached hydrogen (secondary N) is 1. The fraction of sp³-hybridized carbons (Fsp3) is 0.889. The van der Waals surface area contributed by atoms with Crippen molar-refractivity contribution >= 4 is 5.84 Å². The first kappa shape index (κ1) is 11.4. The lowest BCUT2D eigenvalue weighted by atomic mass is 10.1. The van der Waals surface area contributed by atoms with Crippen LogP contribution >= 0.6 is 0 Å². The van der Waals surface area contributed by atoms with Crippen molar-refractivity contribution in [2.75, 3.05) is 6.54 Å².